The molecule has 1 rings (SSSR count). The van der Waals surface area contributed by atoms with Gasteiger partial charge in [0.2, 0.25) is 0 Å². The second-order valence-electron chi connectivity index (χ2n) is 7.82. The molecule has 1 saturated heterocycles. The van der Waals surface area contributed by atoms with Crippen molar-refractivity contribution in [1.82, 2.24) is 10.6 Å². The highest BCUT2D eigenvalue weighted by Gasteiger charge is 2.37. The summed E-state index contributed by atoms with van der Waals surface area (Å²) in [5.41, 5.74) is 0.509. The minimum absolute atomic E-state index is 0.255. The molecular weight excluding hydrogens is 232 g/mol. The normalized spacial score (nSPS) is 24.3. The van der Waals surface area contributed by atoms with E-state index >= 15 is 0 Å². The van der Waals surface area contributed by atoms with E-state index in [0.717, 1.165) is 5.92 Å². The Bertz CT molecular complexity index is 242. The van der Waals surface area contributed by atoms with E-state index in [1.54, 1.807) is 0 Å². The molecule has 2 heteroatoms. The van der Waals surface area contributed by atoms with Crippen LogP contribution < -0.4 is 10.6 Å². The molecule has 19 heavy (non-hydrogen) atoms. The van der Waals surface area contributed by atoms with Crippen LogP contribution in [0, 0.1) is 5.92 Å². The summed E-state index contributed by atoms with van der Waals surface area (Å²) in [6, 6.07) is 0.668. The Morgan fingerprint density at radius 1 is 1.11 bits per heavy atom. The van der Waals surface area contributed by atoms with Crippen molar-refractivity contribution in [1.29, 1.82) is 0 Å². The SMILES string of the molecule is CCCCC(CC)CNC1CC(C)(C)NC(C)(C)C1. The minimum atomic E-state index is 0.255. The number of piperidine rings is 1. The Hall–Kier alpha value is -0.0800. The largest absolute Gasteiger partial charge is 0.314 e. The summed E-state index contributed by atoms with van der Waals surface area (Å²) in [4.78, 5) is 0. The summed E-state index contributed by atoms with van der Waals surface area (Å²) in [5.74, 6) is 0.862. The summed E-state index contributed by atoms with van der Waals surface area (Å²) in [6.07, 6.45) is 7.87. The first kappa shape index (κ1) is 17.0. The quantitative estimate of drug-likeness (QED) is 0.726. The molecule has 0 spiro atoms. The number of hydrogen-bond acceptors (Lipinski definition) is 2. The van der Waals surface area contributed by atoms with Crippen LogP contribution in [-0.2, 0) is 0 Å². The molecule has 1 fully saturated rings. The summed E-state index contributed by atoms with van der Waals surface area (Å²) >= 11 is 0. The van der Waals surface area contributed by atoms with Gasteiger partial charge >= 0.3 is 0 Å². The van der Waals surface area contributed by atoms with Crippen LogP contribution in [0.15, 0.2) is 0 Å². The Labute approximate surface area is 121 Å². The average molecular weight is 268 g/mol. The van der Waals surface area contributed by atoms with Gasteiger partial charge in [-0.15, -0.1) is 0 Å². The van der Waals surface area contributed by atoms with Crippen LogP contribution in [0.5, 0.6) is 0 Å². The highest BCUT2D eigenvalue weighted by atomic mass is 15.1. The Balaban J connectivity index is 2.43. The number of rotatable bonds is 7. The molecule has 0 aromatic heterocycles. The first-order valence-corrected chi connectivity index (χ1v) is 8.30. The maximum Gasteiger partial charge on any atom is 0.0144 e. The standard InChI is InChI=1S/C17H36N2/c1-7-9-10-14(8-2)13-18-15-11-16(3,4)19-17(5,6)12-15/h14-15,18-19H,7-13H2,1-6H3. The first-order chi connectivity index (χ1) is 8.78. The van der Waals surface area contributed by atoms with Gasteiger partial charge in [0.05, 0.1) is 0 Å². The maximum atomic E-state index is 3.85. The van der Waals surface area contributed by atoms with Crippen molar-refractivity contribution in [3.63, 3.8) is 0 Å². The van der Waals surface area contributed by atoms with Gasteiger partial charge in [0.15, 0.2) is 0 Å². The molecule has 114 valence electrons. The lowest BCUT2D eigenvalue weighted by molar-refractivity contribution is 0.143. The summed E-state index contributed by atoms with van der Waals surface area (Å²) < 4.78 is 0. The zero-order chi connectivity index (χ0) is 14.5. The number of unbranched alkanes of at least 4 members (excludes halogenated alkanes) is 1. The molecule has 0 saturated carbocycles. The van der Waals surface area contributed by atoms with Crippen LogP contribution in [-0.4, -0.2) is 23.7 Å². The Morgan fingerprint density at radius 2 is 1.68 bits per heavy atom. The van der Waals surface area contributed by atoms with Crippen molar-refractivity contribution >= 4 is 0 Å². The zero-order valence-electron chi connectivity index (χ0n) is 14.1. The van der Waals surface area contributed by atoms with E-state index in [0.29, 0.717) is 6.04 Å². The second-order valence-corrected chi connectivity index (χ2v) is 7.82. The van der Waals surface area contributed by atoms with E-state index in [-0.39, 0.29) is 11.1 Å². The van der Waals surface area contributed by atoms with E-state index in [4.69, 9.17) is 0 Å². The van der Waals surface area contributed by atoms with E-state index in [1.807, 2.05) is 0 Å². The van der Waals surface area contributed by atoms with E-state index < -0.39 is 0 Å². The van der Waals surface area contributed by atoms with Crippen LogP contribution in [0.2, 0.25) is 0 Å². The molecule has 1 atom stereocenters. The summed E-state index contributed by atoms with van der Waals surface area (Å²) in [5, 5.41) is 7.61. The number of nitrogens with one attached hydrogen (secondary N) is 2. The van der Waals surface area contributed by atoms with Gasteiger partial charge in [0.25, 0.3) is 0 Å². The van der Waals surface area contributed by atoms with Gasteiger partial charge in [-0.25, -0.2) is 0 Å². The van der Waals surface area contributed by atoms with Crippen LogP contribution >= 0.6 is 0 Å². The van der Waals surface area contributed by atoms with Crippen molar-refractivity contribution in [2.75, 3.05) is 6.54 Å². The lowest BCUT2D eigenvalue weighted by atomic mass is 9.79. The van der Waals surface area contributed by atoms with Crippen molar-refractivity contribution < 1.29 is 0 Å². The molecule has 2 nitrogen and oxygen atoms in total. The van der Waals surface area contributed by atoms with Gasteiger partial charge in [-0.1, -0.05) is 33.1 Å². The molecule has 1 unspecified atom stereocenters. The molecule has 1 heterocycles. The van der Waals surface area contributed by atoms with Crippen molar-refractivity contribution in [2.24, 2.45) is 5.92 Å². The van der Waals surface area contributed by atoms with Crippen LogP contribution in [0.3, 0.4) is 0 Å². The molecule has 1 aliphatic heterocycles. The van der Waals surface area contributed by atoms with Crippen LogP contribution in [0.1, 0.15) is 80.1 Å². The van der Waals surface area contributed by atoms with Crippen molar-refractivity contribution in [2.45, 2.75) is 97.2 Å². The number of hydrogen-bond donors (Lipinski definition) is 2. The van der Waals surface area contributed by atoms with Gasteiger partial charge in [-0.2, -0.15) is 0 Å². The van der Waals surface area contributed by atoms with Gasteiger partial charge in [-0.3, -0.25) is 0 Å². The van der Waals surface area contributed by atoms with E-state index in [9.17, 15) is 0 Å². The summed E-state index contributed by atoms with van der Waals surface area (Å²) in [7, 11) is 0. The smallest absolute Gasteiger partial charge is 0.0144 e. The maximum absolute atomic E-state index is 3.85. The Morgan fingerprint density at radius 3 is 2.16 bits per heavy atom. The third-order valence-electron chi connectivity index (χ3n) is 4.43. The lowest BCUT2D eigenvalue weighted by Gasteiger charge is -2.47. The fourth-order valence-corrected chi connectivity index (χ4v) is 3.74. The van der Waals surface area contributed by atoms with Gasteiger partial charge in [0.1, 0.15) is 0 Å². The van der Waals surface area contributed by atoms with Crippen LogP contribution in [0.4, 0.5) is 0 Å². The van der Waals surface area contributed by atoms with Gasteiger partial charge < -0.3 is 10.6 Å². The van der Waals surface area contributed by atoms with Gasteiger partial charge in [0, 0.05) is 17.1 Å². The first-order valence-electron chi connectivity index (χ1n) is 8.30. The van der Waals surface area contributed by atoms with E-state index in [1.165, 1.54) is 45.1 Å². The molecule has 2 N–H and O–H groups in total. The molecule has 0 amide bonds. The molecule has 0 aromatic carbocycles. The highest BCUT2D eigenvalue weighted by Crippen LogP contribution is 2.28. The lowest BCUT2D eigenvalue weighted by Crippen LogP contribution is -2.61. The minimum Gasteiger partial charge on any atom is -0.314 e. The molecule has 0 aromatic rings. The molecular formula is C17H36N2. The third-order valence-corrected chi connectivity index (χ3v) is 4.43. The Kier molecular flexibility index (Phi) is 6.32. The van der Waals surface area contributed by atoms with Crippen molar-refractivity contribution in [3.05, 3.63) is 0 Å². The van der Waals surface area contributed by atoms with Crippen LogP contribution in [0.25, 0.3) is 0 Å². The van der Waals surface area contributed by atoms with E-state index in [2.05, 4.69) is 52.2 Å². The predicted molar refractivity (Wildman–Crippen MR) is 85.6 cm³/mol. The third kappa shape index (κ3) is 6.27. The topological polar surface area (TPSA) is 24.1 Å². The van der Waals surface area contributed by atoms with Gasteiger partial charge in [-0.05, 0) is 59.4 Å². The molecule has 0 bridgehead atoms. The zero-order valence-corrected chi connectivity index (χ0v) is 14.1. The highest BCUT2D eigenvalue weighted by molar-refractivity contribution is 4.99. The molecule has 1 aliphatic rings. The summed E-state index contributed by atoms with van der Waals surface area (Å²) in [6.45, 7) is 15.1. The fraction of sp³-hybridized carbons (Fsp3) is 1.00. The fourth-order valence-electron chi connectivity index (χ4n) is 3.74. The van der Waals surface area contributed by atoms with Crippen molar-refractivity contribution in [3.8, 4) is 0 Å². The average Bonchev–Trinajstić information content (AvgIpc) is 2.25. The molecule has 0 radical (unpaired) electrons. The molecule has 0 aliphatic carbocycles. The monoisotopic (exact) mass is 268 g/mol. The second kappa shape index (κ2) is 7.08. The predicted octanol–water partition coefficient (Wildman–Crippen LogP) is 4.10.